The molecule has 0 amide bonds. The van der Waals surface area contributed by atoms with Gasteiger partial charge < -0.3 is 4.57 Å². The molecule has 0 atom stereocenters. The van der Waals surface area contributed by atoms with Crippen molar-refractivity contribution in [2.75, 3.05) is 6.54 Å². The Morgan fingerprint density at radius 2 is 1.50 bits per heavy atom. The minimum atomic E-state index is -3.82. The number of aryl methyl sites for hydroxylation is 1. The molecule has 0 aliphatic rings. The van der Waals surface area contributed by atoms with Gasteiger partial charge in [0.15, 0.2) is 0 Å². The second-order valence-electron chi connectivity index (χ2n) is 9.82. The molecular formula is C32H31ClN4O2S. The van der Waals surface area contributed by atoms with Crippen molar-refractivity contribution in [3.63, 3.8) is 0 Å². The van der Waals surface area contributed by atoms with Gasteiger partial charge in [0, 0.05) is 17.5 Å². The summed E-state index contributed by atoms with van der Waals surface area (Å²) in [5, 5.41) is 9.06. The molecular weight excluding hydrogens is 540 g/mol. The highest BCUT2D eigenvalue weighted by Crippen LogP contribution is 2.30. The number of rotatable bonds is 11. The minimum absolute atomic E-state index is 0.0300. The first kappa shape index (κ1) is 27.8. The van der Waals surface area contributed by atoms with Gasteiger partial charge in [-0.2, -0.15) is 4.31 Å². The molecule has 5 aromatic rings. The highest BCUT2D eigenvalue weighted by atomic mass is 35.5. The van der Waals surface area contributed by atoms with Crippen LogP contribution in [0.25, 0.3) is 0 Å². The third-order valence-corrected chi connectivity index (χ3v) is 9.08. The molecule has 0 saturated heterocycles. The van der Waals surface area contributed by atoms with Crippen LogP contribution in [0.5, 0.6) is 0 Å². The van der Waals surface area contributed by atoms with Crippen LogP contribution < -0.4 is 0 Å². The van der Waals surface area contributed by atoms with E-state index in [0.29, 0.717) is 30.4 Å². The van der Waals surface area contributed by atoms with Crippen LogP contribution >= 0.6 is 11.6 Å². The van der Waals surface area contributed by atoms with Gasteiger partial charge in [-0.1, -0.05) is 102 Å². The van der Waals surface area contributed by atoms with E-state index in [0.717, 1.165) is 22.3 Å². The lowest BCUT2D eigenvalue weighted by Gasteiger charge is -2.25. The average Bonchev–Trinajstić information content (AvgIpc) is 3.40. The summed E-state index contributed by atoms with van der Waals surface area (Å²) in [5.41, 5.74) is 4.27. The van der Waals surface area contributed by atoms with Gasteiger partial charge >= 0.3 is 0 Å². The molecule has 0 radical (unpaired) electrons. The maximum Gasteiger partial charge on any atom is 0.243 e. The zero-order valence-electron chi connectivity index (χ0n) is 22.3. The summed E-state index contributed by atoms with van der Waals surface area (Å²) in [5.74, 6) is 0.592. The van der Waals surface area contributed by atoms with Gasteiger partial charge in [-0.3, -0.25) is 0 Å². The molecule has 0 spiro atoms. The molecule has 0 aliphatic carbocycles. The fourth-order valence-corrected chi connectivity index (χ4v) is 6.46. The SMILES string of the molecule is Cc1ccc(S(=O)(=O)N(CCC(c2ccccc2)c2ccccc2)Cc2nncn2Cc2cccc(Cl)c2)cc1. The molecule has 6 nitrogen and oxygen atoms in total. The molecule has 4 aromatic carbocycles. The van der Waals surface area contributed by atoms with Crippen molar-refractivity contribution in [1.82, 2.24) is 19.1 Å². The van der Waals surface area contributed by atoms with Crippen LogP contribution in [0, 0.1) is 6.92 Å². The highest BCUT2D eigenvalue weighted by molar-refractivity contribution is 7.89. The standard InChI is InChI=1S/C32H31ClN4O2S/c1-25-15-17-30(18-16-25)40(38,39)37(23-32-35-34-24-36(32)22-26-9-8-14-29(33)21-26)20-19-31(27-10-4-2-5-11-27)28-12-6-3-7-13-28/h2-18,21,24,31H,19-20,22-23H2,1H3. The van der Waals surface area contributed by atoms with E-state index in [1.165, 1.54) is 4.31 Å². The monoisotopic (exact) mass is 570 g/mol. The Labute approximate surface area is 241 Å². The smallest absolute Gasteiger partial charge is 0.243 e. The van der Waals surface area contributed by atoms with Gasteiger partial charge in [0.25, 0.3) is 0 Å². The van der Waals surface area contributed by atoms with Crippen LogP contribution in [0.4, 0.5) is 0 Å². The normalized spacial score (nSPS) is 11.8. The van der Waals surface area contributed by atoms with Crippen LogP contribution in [0.2, 0.25) is 5.02 Å². The van der Waals surface area contributed by atoms with Crippen molar-refractivity contribution in [2.45, 2.75) is 37.2 Å². The summed E-state index contributed by atoms with van der Waals surface area (Å²) in [6.07, 6.45) is 2.23. The number of sulfonamides is 1. The summed E-state index contributed by atoms with van der Waals surface area (Å²) in [6.45, 7) is 2.82. The van der Waals surface area contributed by atoms with Gasteiger partial charge in [0.1, 0.15) is 12.2 Å². The van der Waals surface area contributed by atoms with E-state index in [4.69, 9.17) is 11.6 Å². The summed E-state index contributed by atoms with van der Waals surface area (Å²) in [7, 11) is -3.82. The number of halogens is 1. The summed E-state index contributed by atoms with van der Waals surface area (Å²) < 4.78 is 31.4. The van der Waals surface area contributed by atoms with Crippen LogP contribution in [0.1, 0.15) is 40.4 Å². The predicted octanol–water partition coefficient (Wildman–Crippen LogP) is 6.70. The van der Waals surface area contributed by atoms with Crippen LogP contribution in [0.3, 0.4) is 0 Å². The summed E-state index contributed by atoms with van der Waals surface area (Å²) >= 11 is 6.19. The van der Waals surface area contributed by atoms with Crippen molar-refractivity contribution >= 4 is 21.6 Å². The maximum absolute atomic E-state index is 14.0. The summed E-state index contributed by atoms with van der Waals surface area (Å²) in [6, 6.07) is 35.0. The van der Waals surface area contributed by atoms with E-state index in [1.54, 1.807) is 18.5 Å². The van der Waals surface area contributed by atoms with Gasteiger partial charge in [0.2, 0.25) is 10.0 Å². The molecule has 5 rings (SSSR count). The Hall–Kier alpha value is -3.78. The quantitative estimate of drug-likeness (QED) is 0.177. The first-order valence-corrected chi connectivity index (χ1v) is 15.0. The van der Waals surface area contributed by atoms with Crippen molar-refractivity contribution < 1.29 is 8.42 Å². The first-order chi connectivity index (χ1) is 19.4. The topological polar surface area (TPSA) is 68.1 Å². The number of hydrogen-bond donors (Lipinski definition) is 0. The predicted molar refractivity (Wildman–Crippen MR) is 159 cm³/mol. The number of aromatic nitrogens is 3. The van der Waals surface area contributed by atoms with Gasteiger partial charge in [0.05, 0.1) is 18.0 Å². The number of benzene rings is 4. The van der Waals surface area contributed by atoms with Gasteiger partial charge in [-0.05, 0) is 54.3 Å². The molecule has 0 saturated carbocycles. The second-order valence-corrected chi connectivity index (χ2v) is 12.2. The lowest BCUT2D eigenvalue weighted by Crippen LogP contribution is -2.33. The van der Waals surface area contributed by atoms with Crippen molar-refractivity contribution in [1.29, 1.82) is 0 Å². The van der Waals surface area contributed by atoms with E-state index in [2.05, 4.69) is 34.5 Å². The zero-order valence-corrected chi connectivity index (χ0v) is 23.8. The second kappa shape index (κ2) is 12.6. The molecule has 0 N–H and O–H groups in total. The van der Waals surface area contributed by atoms with E-state index >= 15 is 0 Å². The number of hydrogen-bond acceptors (Lipinski definition) is 4. The Balaban J connectivity index is 1.47. The highest BCUT2D eigenvalue weighted by Gasteiger charge is 2.28. The van der Waals surface area contributed by atoms with E-state index in [9.17, 15) is 8.42 Å². The van der Waals surface area contributed by atoms with E-state index in [-0.39, 0.29) is 17.4 Å². The first-order valence-electron chi connectivity index (χ1n) is 13.2. The van der Waals surface area contributed by atoms with E-state index < -0.39 is 10.0 Å². The Morgan fingerprint density at radius 1 is 0.850 bits per heavy atom. The Bertz CT molecular complexity index is 1600. The van der Waals surface area contributed by atoms with Crippen molar-refractivity contribution in [2.24, 2.45) is 0 Å². The van der Waals surface area contributed by atoms with E-state index in [1.807, 2.05) is 84.3 Å². The zero-order chi connectivity index (χ0) is 28.0. The lowest BCUT2D eigenvalue weighted by molar-refractivity contribution is 0.378. The van der Waals surface area contributed by atoms with Crippen molar-refractivity contribution in [3.05, 3.63) is 149 Å². The molecule has 0 fully saturated rings. The lowest BCUT2D eigenvalue weighted by atomic mass is 9.88. The van der Waals surface area contributed by atoms with Crippen LogP contribution in [-0.4, -0.2) is 34.0 Å². The maximum atomic E-state index is 14.0. The third-order valence-electron chi connectivity index (χ3n) is 6.99. The molecule has 1 aromatic heterocycles. The molecule has 40 heavy (non-hydrogen) atoms. The summed E-state index contributed by atoms with van der Waals surface area (Å²) in [4.78, 5) is 0.259. The largest absolute Gasteiger partial charge is 0.312 e. The Kier molecular flexibility index (Phi) is 8.75. The third kappa shape index (κ3) is 6.67. The molecule has 204 valence electrons. The molecule has 0 bridgehead atoms. The number of nitrogens with zero attached hydrogens (tertiary/aromatic N) is 4. The molecule has 8 heteroatoms. The Morgan fingerprint density at radius 3 is 2.12 bits per heavy atom. The molecule has 0 aliphatic heterocycles. The van der Waals surface area contributed by atoms with Crippen LogP contribution in [-0.2, 0) is 23.1 Å². The van der Waals surface area contributed by atoms with Crippen LogP contribution in [0.15, 0.2) is 120 Å². The molecule has 1 heterocycles. The fraction of sp³-hybridized carbons (Fsp3) is 0.188. The average molecular weight is 571 g/mol. The van der Waals surface area contributed by atoms with Gasteiger partial charge in [-0.15, -0.1) is 10.2 Å². The minimum Gasteiger partial charge on any atom is -0.312 e. The van der Waals surface area contributed by atoms with Gasteiger partial charge in [-0.25, -0.2) is 8.42 Å². The fourth-order valence-electron chi connectivity index (χ4n) is 4.84. The van der Waals surface area contributed by atoms with Crippen molar-refractivity contribution in [3.8, 4) is 0 Å². The molecule has 0 unspecified atom stereocenters.